The number of esters is 1. The molecule has 0 bridgehead atoms. The number of nitrogens with one attached hydrogen (secondary N) is 2. The molecule has 3 N–H and O–H groups in total. The third kappa shape index (κ3) is 2.32. The van der Waals surface area contributed by atoms with Crippen LogP contribution in [0.5, 0.6) is 0 Å². The molecular weight excluding hydrogens is 284 g/mol. The largest absolute Gasteiger partial charge is 0.480 e. The van der Waals surface area contributed by atoms with E-state index in [1.807, 2.05) is 24.3 Å². The third-order valence-corrected chi connectivity index (χ3v) is 3.71. The maximum Gasteiger partial charge on any atom is 0.341 e. The van der Waals surface area contributed by atoms with Gasteiger partial charge in [0.25, 0.3) is 0 Å². The molecule has 0 fully saturated rings. The summed E-state index contributed by atoms with van der Waals surface area (Å²) in [7, 11) is 0. The Bertz CT molecular complexity index is 776. The molecule has 3 rings (SSSR count). The van der Waals surface area contributed by atoms with Gasteiger partial charge < -0.3 is 20.1 Å². The molecule has 0 amide bonds. The van der Waals surface area contributed by atoms with Gasteiger partial charge in [0, 0.05) is 23.5 Å². The number of hydrogen-bond donors (Lipinski definition) is 3. The van der Waals surface area contributed by atoms with Crippen molar-refractivity contribution in [1.82, 2.24) is 10.3 Å². The van der Waals surface area contributed by atoms with E-state index < -0.39 is 18.0 Å². The van der Waals surface area contributed by atoms with Gasteiger partial charge in [-0.1, -0.05) is 18.2 Å². The second-order valence-corrected chi connectivity index (χ2v) is 5.06. The fourth-order valence-corrected chi connectivity index (χ4v) is 2.69. The van der Waals surface area contributed by atoms with E-state index in [2.05, 4.69) is 10.3 Å². The molecule has 114 valence electrons. The average Bonchev–Trinajstić information content (AvgIpc) is 2.73. The molecule has 1 unspecified atom stereocenters. The number of aromatic nitrogens is 1. The summed E-state index contributed by atoms with van der Waals surface area (Å²) in [6, 6.07) is 6.80. The van der Waals surface area contributed by atoms with Crippen molar-refractivity contribution < 1.29 is 19.4 Å². The summed E-state index contributed by atoms with van der Waals surface area (Å²) in [5, 5.41) is 13.0. The lowest BCUT2D eigenvalue weighted by atomic mass is 10.0. The molecule has 0 saturated heterocycles. The van der Waals surface area contributed by atoms with Crippen LogP contribution >= 0.6 is 0 Å². The summed E-state index contributed by atoms with van der Waals surface area (Å²) in [6.07, 6.45) is 1.71. The van der Waals surface area contributed by atoms with Gasteiger partial charge in [0.15, 0.2) is 0 Å². The number of para-hydroxylation sites is 1. The highest BCUT2D eigenvalue weighted by molar-refractivity contribution is 6.17. The van der Waals surface area contributed by atoms with Gasteiger partial charge in [-0.15, -0.1) is 0 Å². The Morgan fingerprint density at radius 2 is 2.14 bits per heavy atom. The number of carboxylic acid groups (broad SMARTS) is 1. The number of fused-ring (bicyclic) bond motifs is 3. The van der Waals surface area contributed by atoms with E-state index in [4.69, 9.17) is 4.74 Å². The second kappa shape index (κ2) is 5.55. The molecule has 2 aromatic rings. The van der Waals surface area contributed by atoms with E-state index in [1.54, 1.807) is 6.92 Å². The molecule has 0 spiro atoms. The molecule has 1 atom stereocenters. The molecule has 6 heteroatoms. The molecule has 6 nitrogen and oxygen atoms in total. The van der Waals surface area contributed by atoms with Crippen LogP contribution in [0.3, 0.4) is 0 Å². The summed E-state index contributed by atoms with van der Waals surface area (Å²) in [5.41, 5.74) is 2.62. The molecule has 1 aromatic carbocycles. The summed E-state index contributed by atoms with van der Waals surface area (Å²) in [5.74, 6) is -1.44. The van der Waals surface area contributed by atoms with Crippen LogP contribution in [0.4, 0.5) is 0 Å². The summed E-state index contributed by atoms with van der Waals surface area (Å²) in [4.78, 5) is 26.7. The maximum absolute atomic E-state index is 12.2. The van der Waals surface area contributed by atoms with E-state index in [-0.39, 0.29) is 13.0 Å². The van der Waals surface area contributed by atoms with Crippen LogP contribution in [0.2, 0.25) is 0 Å². The van der Waals surface area contributed by atoms with E-state index in [0.29, 0.717) is 11.3 Å². The fourth-order valence-electron chi connectivity index (χ4n) is 2.69. The predicted octanol–water partition coefficient (Wildman–Crippen LogP) is 1.67. The van der Waals surface area contributed by atoms with E-state index in [9.17, 15) is 14.7 Å². The predicted molar refractivity (Wildman–Crippen MR) is 81.2 cm³/mol. The number of aliphatic carboxylic acids is 1. The van der Waals surface area contributed by atoms with Crippen LogP contribution in [0.1, 0.15) is 18.2 Å². The van der Waals surface area contributed by atoms with Gasteiger partial charge in [-0.05, 0) is 18.6 Å². The second-order valence-electron chi connectivity index (χ2n) is 5.06. The van der Waals surface area contributed by atoms with Gasteiger partial charge in [0.1, 0.15) is 6.04 Å². The Morgan fingerprint density at radius 3 is 2.86 bits per heavy atom. The highest BCUT2D eigenvalue weighted by Crippen LogP contribution is 2.30. The van der Waals surface area contributed by atoms with Crippen molar-refractivity contribution in [3.8, 4) is 0 Å². The first kappa shape index (κ1) is 14.2. The molecule has 1 aliphatic rings. The van der Waals surface area contributed by atoms with Crippen molar-refractivity contribution in [3.05, 3.63) is 41.7 Å². The first-order chi connectivity index (χ1) is 10.6. The van der Waals surface area contributed by atoms with Crippen molar-refractivity contribution >= 4 is 28.4 Å². The molecule has 0 saturated carbocycles. The summed E-state index contributed by atoms with van der Waals surface area (Å²) < 4.78 is 5.07. The lowest BCUT2D eigenvalue weighted by Gasteiger charge is -2.10. The summed E-state index contributed by atoms with van der Waals surface area (Å²) in [6.45, 7) is 1.99. The Morgan fingerprint density at radius 1 is 1.36 bits per heavy atom. The van der Waals surface area contributed by atoms with Crippen LogP contribution in [-0.2, 0) is 20.7 Å². The molecule has 2 heterocycles. The highest BCUT2D eigenvalue weighted by atomic mass is 16.5. The maximum atomic E-state index is 12.2. The van der Waals surface area contributed by atoms with Crippen LogP contribution in [0.25, 0.3) is 16.5 Å². The van der Waals surface area contributed by atoms with Crippen LogP contribution < -0.4 is 5.32 Å². The first-order valence-electron chi connectivity index (χ1n) is 7.08. The monoisotopic (exact) mass is 300 g/mol. The molecule has 0 aliphatic carbocycles. The zero-order valence-electron chi connectivity index (χ0n) is 12.1. The number of aromatic amines is 1. The Hall–Kier alpha value is -2.76. The molecule has 1 aromatic heterocycles. The normalized spacial score (nSPS) is 17.1. The number of ether oxygens (including phenoxy) is 1. The molecule has 1 aliphatic heterocycles. The Labute approximate surface area is 126 Å². The van der Waals surface area contributed by atoms with Crippen molar-refractivity contribution in [2.24, 2.45) is 0 Å². The topological polar surface area (TPSA) is 91.4 Å². The SMILES string of the molecule is CCOC(=O)C1=CNC(C(=O)O)Cc2c1[nH]c1ccccc21. The standard InChI is InChI=1S/C16H16N2O4/c1-2-22-16(21)11-8-17-13(15(19)20)7-10-9-5-3-4-6-12(9)18-14(10)11/h3-6,8,13,17-18H,2,7H2,1H3,(H,19,20). The molecule has 22 heavy (non-hydrogen) atoms. The third-order valence-electron chi connectivity index (χ3n) is 3.71. The lowest BCUT2D eigenvalue weighted by molar-refractivity contribution is -0.139. The number of rotatable bonds is 3. The Balaban J connectivity index is 2.17. The van der Waals surface area contributed by atoms with Crippen molar-refractivity contribution in [1.29, 1.82) is 0 Å². The minimum absolute atomic E-state index is 0.258. The number of benzene rings is 1. The van der Waals surface area contributed by atoms with Gasteiger partial charge in [-0.2, -0.15) is 0 Å². The highest BCUT2D eigenvalue weighted by Gasteiger charge is 2.28. The van der Waals surface area contributed by atoms with Crippen LogP contribution in [0, 0.1) is 0 Å². The molecule has 0 radical (unpaired) electrons. The lowest BCUT2D eigenvalue weighted by Crippen LogP contribution is -2.34. The zero-order valence-corrected chi connectivity index (χ0v) is 12.1. The quantitative estimate of drug-likeness (QED) is 0.750. The number of carbonyl (C=O) groups excluding carboxylic acids is 1. The van der Waals surface area contributed by atoms with E-state index in [1.165, 1.54) is 6.20 Å². The van der Waals surface area contributed by atoms with Crippen LogP contribution in [0.15, 0.2) is 30.5 Å². The number of carbonyl (C=O) groups is 2. The minimum atomic E-state index is -0.961. The van der Waals surface area contributed by atoms with E-state index in [0.717, 1.165) is 16.5 Å². The number of carboxylic acids is 1. The van der Waals surface area contributed by atoms with Gasteiger partial charge in [0.2, 0.25) is 0 Å². The Kier molecular flexibility index (Phi) is 3.58. The fraction of sp³-hybridized carbons (Fsp3) is 0.250. The van der Waals surface area contributed by atoms with Crippen molar-refractivity contribution in [2.75, 3.05) is 6.61 Å². The number of H-pyrrole nitrogens is 1. The van der Waals surface area contributed by atoms with E-state index >= 15 is 0 Å². The van der Waals surface area contributed by atoms with Gasteiger partial charge >= 0.3 is 11.9 Å². The van der Waals surface area contributed by atoms with Gasteiger partial charge in [-0.25, -0.2) is 9.59 Å². The van der Waals surface area contributed by atoms with Gasteiger partial charge in [0.05, 0.1) is 17.9 Å². The zero-order chi connectivity index (χ0) is 15.7. The van der Waals surface area contributed by atoms with Crippen molar-refractivity contribution in [2.45, 2.75) is 19.4 Å². The first-order valence-corrected chi connectivity index (χ1v) is 7.08. The molecular formula is C16H16N2O4. The summed E-state index contributed by atoms with van der Waals surface area (Å²) >= 11 is 0. The minimum Gasteiger partial charge on any atom is -0.480 e. The smallest absolute Gasteiger partial charge is 0.341 e. The van der Waals surface area contributed by atoms with Crippen molar-refractivity contribution in [3.63, 3.8) is 0 Å². The van der Waals surface area contributed by atoms with Crippen LogP contribution in [-0.4, -0.2) is 34.7 Å². The average molecular weight is 300 g/mol. The van der Waals surface area contributed by atoms with Gasteiger partial charge in [-0.3, -0.25) is 0 Å². The number of hydrogen-bond acceptors (Lipinski definition) is 4.